The number of carbonyl (C=O) groups is 1. The first kappa shape index (κ1) is 17.1. The molecule has 0 saturated heterocycles. The quantitative estimate of drug-likeness (QED) is 0.791. The molecule has 2 rings (SSSR count). The summed E-state index contributed by atoms with van der Waals surface area (Å²) in [4.78, 5) is 14.1. The van der Waals surface area contributed by atoms with Gasteiger partial charge < -0.3 is 14.4 Å². The summed E-state index contributed by atoms with van der Waals surface area (Å²) in [7, 11) is 5.61. The lowest BCUT2D eigenvalue weighted by Gasteiger charge is -2.33. The second-order valence-corrected chi connectivity index (χ2v) is 6.52. The number of methoxy groups -OCH3 is 1. The van der Waals surface area contributed by atoms with Crippen LogP contribution in [0.2, 0.25) is 5.02 Å². The third kappa shape index (κ3) is 3.93. The molecule has 4 nitrogen and oxygen atoms in total. The van der Waals surface area contributed by atoms with Gasteiger partial charge in [-0.1, -0.05) is 11.6 Å². The van der Waals surface area contributed by atoms with Crippen LogP contribution in [-0.2, 0) is 4.74 Å². The van der Waals surface area contributed by atoms with Crippen LogP contribution in [0.5, 0.6) is 5.75 Å². The zero-order valence-electron chi connectivity index (χ0n) is 13.7. The molecule has 5 heteroatoms. The lowest BCUT2D eigenvalue weighted by molar-refractivity contribution is 0.0598. The first-order valence-electron chi connectivity index (χ1n) is 7.64. The molecule has 0 N–H and O–H groups in total. The number of esters is 1. The number of ether oxygens (including phenoxy) is 2. The molecule has 0 aromatic heterocycles. The zero-order valence-corrected chi connectivity index (χ0v) is 14.4. The number of carbonyl (C=O) groups excluding carboxylic acids is 1. The highest BCUT2D eigenvalue weighted by molar-refractivity contribution is 6.31. The fourth-order valence-electron chi connectivity index (χ4n) is 2.96. The molecule has 0 radical (unpaired) electrons. The van der Waals surface area contributed by atoms with Crippen molar-refractivity contribution < 1.29 is 14.3 Å². The van der Waals surface area contributed by atoms with Gasteiger partial charge in [-0.2, -0.15) is 0 Å². The molecule has 1 aliphatic carbocycles. The van der Waals surface area contributed by atoms with Gasteiger partial charge in [0.2, 0.25) is 0 Å². The van der Waals surface area contributed by atoms with Crippen molar-refractivity contribution in [3.05, 3.63) is 28.3 Å². The van der Waals surface area contributed by atoms with E-state index >= 15 is 0 Å². The Bertz CT molecular complexity index is 537. The Labute approximate surface area is 137 Å². The van der Waals surface area contributed by atoms with Crippen molar-refractivity contribution in [3.8, 4) is 5.75 Å². The van der Waals surface area contributed by atoms with E-state index in [1.54, 1.807) is 12.1 Å². The van der Waals surface area contributed by atoms with Gasteiger partial charge in [0.15, 0.2) is 0 Å². The Kier molecular flexibility index (Phi) is 5.70. The molecule has 0 bridgehead atoms. The van der Waals surface area contributed by atoms with Gasteiger partial charge >= 0.3 is 5.97 Å². The summed E-state index contributed by atoms with van der Waals surface area (Å²) < 4.78 is 10.9. The van der Waals surface area contributed by atoms with Crippen LogP contribution in [-0.4, -0.2) is 44.2 Å². The summed E-state index contributed by atoms with van der Waals surface area (Å²) >= 11 is 6.11. The van der Waals surface area contributed by atoms with Crippen LogP contribution in [0, 0.1) is 6.92 Å². The SMILES string of the molecule is COC(=O)c1cc(Cl)cc(O[C@H]2CC[C@H](N(C)C)CC2)c1C. The van der Waals surface area contributed by atoms with E-state index in [1.807, 2.05) is 6.92 Å². The molecule has 22 heavy (non-hydrogen) atoms. The lowest BCUT2D eigenvalue weighted by Crippen LogP contribution is -2.35. The first-order valence-corrected chi connectivity index (χ1v) is 8.01. The maximum absolute atomic E-state index is 11.8. The normalized spacial score (nSPS) is 21.7. The smallest absolute Gasteiger partial charge is 0.338 e. The molecule has 0 atom stereocenters. The van der Waals surface area contributed by atoms with Gasteiger partial charge in [-0.15, -0.1) is 0 Å². The topological polar surface area (TPSA) is 38.8 Å². The number of benzene rings is 1. The zero-order chi connectivity index (χ0) is 16.3. The lowest BCUT2D eigenvalue weighted by atomic mass is 9.92. The summed E-state index contributed by atoms with van der Waals surface area (Å²) in [5.41, 5.74) is 1.25. The third-order valence-corrected chi connectivity index (χ3v) is 4.62. The molecule has 1 aliphatic rings. The Balaban J connectivity index is 2.10. The van der Waals surface area contributed by atoms with Crippen LogP contribution in [0.1, 0.15) is 41.6 Å². The van der Waals surface area contributed by atoms with E-state index in [2.05, 4.69) is 19.0 Å². The monoisotopic (exact) mass is 325 g/mol. The minimum Gasteiger partial charge on any atom is -0.490 e. The summed E-state index contributed by atoms with van der Waals surface area (Å²) in [6.45, 7) is 1.86. The van der Waals surface area contributed by atoms with Gasteiger partial charge in [0.1, 0.15) is 5.75 Å². The second kappa shape index (κ2) is 7.34. The molecule has 0 spiro atoms. The maximum Gasteiger partial charge on any atom is 0.338 e. The Morgan fingerprint density at radius 2 is 1.86 bits per heavy atom. The molecule has 0 amide bonds. The van der Waals surface area contributed by atoms with Crippen molar-refractivity contribution in [2.45, 2.75) is 44.8 Å². The Morgan fingerprint density at radius 1 is 1.23 bits per heavy atom. The van der Waals surface area contributed by atoms with Crippen LogP contribution in [0.15, 0.2) is 12.1 Å². The summed E-state index contributed by atoms with van der Waals surface area (Å²) in [6.07, 6.45) is 4.46. The predicted octanol–water partition coefficient (Wildman–Crippen LogP) is 3.69. The van der Waals surface area contributed by atoms with Gasteiger partial charge in [-0.25, -0.2) is 4.79 Å². The minimum atomic E-state index is -0.388. The van der Waals surface area contributed by atoms with E-state index in [4.69, 9.17) is 21.1 Å². The van der Waals surface area contributed by atoms with Crippen molar-refractivity contribution in [1.29, 1.82) is 0 Å². The van der Waals surface area contributed by atoms with Crippen LogP contribution in [0.4, 0.5) is 0 Å². The van der Waals surface area contributed by atoms with Gasteiger partial charge in [0.25, 0.3) is 0 Å². The number of hydrogen-bond acceptors (Lipinski definition) is 4. The summed E-state index contributed by atoms with van der Waals surface area (Å²) in [5, 5.41) is 0.489. The van der Waals surface area contributed by atoms with Crippen molar-refractivity contribution >= 4 is 17.6 Å². The van der Waals surface area contributed by atoms with Crippen LogP contribution in [0.3, 0.4) is 0 Å². The van der Waals surface area contributed by atoms with E-state index in [-0.39, 0.29) is 12.1 Å². The predicted molar refractivity (Wildman–Crippen MR) is 87.9 cm³/mol. The fraction of sp³-hybridized carbons (Fsp3) is 0.588. The molecule has 1 fully saturated rings. The molecule has 1 aromatic carbocycles. The molecule has 1 aromatic rings. The maximum atomic E-state index is 11.8. The first-order chi connectivity index (χ1) is 10.4. The minimum absolute atomic E-state index is 0.180. The van der Waals surface area contributed by atoms with Gasteiger partial charge in [-0.05, 0) is 58.8 Å². The second-order valence-electron chi connectivity index (χ2n) is 6.08. The van der Waals surface area contributed by atoms with Gasteiger partial charge in [-0.3, -0.25) is 0 Å². The highest BCUT2D eigenvalue weighted by Crippen LogP contribution is 2.31. The highest BCUT2D eigenvalue weighted by Gasteiger charge is 2.25. The van der Waals surface area contributed by atoms with Crippen LogP contribution >= 0.6 is 11.6 Å². The van der Waals surface area contributed by atoms with Gasteiger partial charge in [0, 0.05) is 16.6 Å². The van der Waals surface area contributed by atoms with Crippen molar-refractivity contribution in [2.75, 3.05) is 21.2 Å². The van der Waals surface area contributed by atoms with Crippen molar-refractivity contribution in [2.24, 2.45) is 0 Å². The number of nitrogens with zero attached hydrogens (tertiary/aromatic N) is 1. The van der Waals surface area contributed by atoms with E-state index in [9.17, 15) is 4.79 Å². The fourth-order valence-corrected chi connectivity index (χ4v) is 3.17. The Hall–Kier alpha value is -1.26. The van der Waals surface area contributed by atoms with Crippen LogP contribution in [0.25, 0.3) is 0 Å². The molecule has 0 aliphatic heterocycles. The molecular weight excluding hydrogens is 302 g/mol. The average molecular weight is 326 g/mol. The summed E-state index contributed by atoms with van der Waals surface area (Å²) in [6, 6.07) is 4.03. The van der Waals surface area contributed by atoms with Crippen molar-refractivity contribution in [3.63, 3.8) is 0 Å². The van der Waals surface area contributed by atoms with E-state index < -0.39 is 0 Å². The van der Waals surface area contributed by atoms with Crippen molar-refractivity contribution in [1.82, 2.24) is 4.90 Å². The standard InChI is InChI=1S/C17H24ClNO3/c1-11-15(17(20)21-4)9-12(18)10-16(11)22-14-7-5-13(6-8-14)19(2)3/h9-10,13-14H,5-8H2,1-4H3/t13-,14-. The van der Waals surface area contributed by atoms with E-state index in [0.717, 1.165) is 31.2 Å². The molecule has 0 heterocycles. The number of rotatable bonds is 4. The molecule has 1 saturated carbocycles. The number of halogens is 1. The number of hydrogen-bond donors (Lipinski definition) is 0. The van der Waals surface area contributed by atoms with E-state index in [1.165, 1.54) is 7.11 Å². The molecule has 0 unspecified atom stereocenters. The van der Waals surface area contributed by atoms with Gasteiger partial charge in [0.05, 0.1) is 18.8 Å². The Morgan fingerprint density at radius 3 is 2.41 bits per heavy atom. The largest absolute Gasteiger partial charge is 0.490 e. The summed E-state index contributed by atoms with van der Waals surface area (Å²) in [5.74, 6) is 0.294. The van der Waals surface area contributed by atoms with E-state index in [0.29, 0.717) is 22.4 Å². The molecular formula is C17H24ClNO3. The van der Waals surface area contributed by atoms with Crippen LogP contribution < -0.4 is 4.74 Å². The highest BCUT2D eigenvalue weighted by atomic mass is 35.5. The molecule has 122 valence electrons. The average Bonchev–Trinajstić information content (AvgIpc) is 2.50. The third-order valence-electron chi connectivity index (χ3n) is 4.40.